The molecule has 1 atom stereocenters. The van der Waals surface area contributed by atoms with Crippen LogP contribution in [-0.4, -0.2) is 34.3 Å². The molecule has 2 aromatic heterocycles. The Morgan fingerprint density at radius 2 is 2.19 bits per heavy atom. The first-order chi connectivity index (χ1) is 13.2. The third kappa shape index (κ3) is 4.43. The first kappa shape index (κ1) is 18.3. The summed E-state index contributed by atoms with van der Waals surface area (Å²) in [5, 5.41) is 8.25. The Morgan fingerprint density at radius 3 is 2.96 bits per heavy atom. The lowest BCUT2D eigenvalue weighted by Crippen LogP contribution is -2.35. The second-order valence-corrected chi connectivity index (χ2v) is 8.16. The van der Waals surface area contributed by atoms with Crippen molar-refractivity contribution in [2.75, 3.05) is 12.3 Å². The van der Waals surface area contributed by atoms with Crippen LogP contribution >= 0.6 is 34.7 Å². The van der Waals surface area contributed by atoms with Crippen molar-refractivity contribution in [3.63, 3.8) is 0 Å². The maximum atomic E-state index is 12.1. The number of nitrogens with one attached hydrogen (secondary N) is 1. The second kappa shape index (κ2) is 8.29. The quantitative estimate of drug-likeness (QED) is 0.483. The molecule has 1 aliphatic rings. The average molecular weight is 418 g/mol. The molecule has 0 fully saturated rings. The van der Waals surface area contributed by atoms with Crippen LogP contribution in [0.2, 0.25) is 5.02 Å². The van der Waals surface area contributed by atoms with E-state index in [4.69, 9.17) is 16.3 Å². The molecule has 3 aromatic rings. The van der Waals surface area contributed by atoms with Gasteiger partial charge in [0.25, 0.3) is 0 Å². The van der Waals surface area contributed by atoms with Gasteiger partial charge in [0.15, 0.2) is 5.16 Å². The summed E-state index contributed by atoms with van der Waals surface area (Å²) in [6.07, 6.45) is 3.93. The van der Waals surface area contributed by atoms with Crippen LogP contribution in [-0.2, 0) is 11.2 Å². The van der Waals surface area contributed by atoms with Gasteiger partial charge in [-0.15, -0.1) is 0 Å². The fourth-order valence-electron chi connectivity index (χ4n) is 2.87. The maximum absolute atomic E-state index is 12.1. The number of rotatable bonds is 6. The van der Waals surface area contributed by atoms with Crippen molar-refractivity contribution in [3.05, 3.63) is 58.0 Å². The van der Waals surface area contributed by atoms with Crippen LogP contribution in [0.3, 0.4) is 0 Å². The van der Waals surface area contributed by atoms with Gasteiger partial charge < -0.3 is 10.1 Å². The number of thioether (sulfide) groups is 1. The van der Waals surface area contributed by atoms with E-state index in [9.17, 15) is 4.79 Å². The predicted octanol–water partition coefficient (Wildman–Crippen LogP) is 4.07. The zero-order valence-corrected chi connectivity index (χ0v) is 16.6. The van der Waals surface area contributed by atoms with Crippen LogP contribution < -0.4 is 10.1 Å². The zero-order chi connectivity index (χ0) is 18.6. The van der Waals surface area contributed by atoms with E-state index in [-0.39, 0.29) is 17.8 Å². The molecule has 0 unspecified atom stereocenters. The minimum Gasteiger partial charge on any atom is -0.486 e. The monoisotopic (exact) mass is 417 g/mol. The van der Waals surface area contributed by atoms with Gasteiger partial charge in [0.1, 0.15) is 11.9 Å². The highest BCUT2D eigenvalue weighted by atomic mass is 35.5. The number of halogens is 1. The van der Waals surface area contributed by atoms with Crippen LogP contribution in [0.5, 0.6) is 5.75 Å². The standard InChI is InChI=1S/C19H16ClN3O2S2/c20-16-8-13(12-2-5-26-10-12)6-14-7-15(25-18(14)16)9-23-17(24)11-27-19-21-3-1-4-22-19/h1-6,8,10,15H,7,9,11H2,(H,23,24)/t15-/m0/s1. The molecule has 5 nitrogen and oxygen atoms in total. The normalized spacial score (nSPS) is 15.2. The largest absolute Gasteiger partial charge is 0.486 e. The number of hydrogen-bond acceptors (Lipinski definition) is 6. The summed E-state index contributed by atoms with van der Waals surface area (Å²) in [7, 11) is 0. The SMILES string of the molecule is O=C(CSc1ncccn1)NC[C@@H]1Cc2cc(-c3ccsc3)cc(Cl)c2O1. The predicted molar refractivity (Wildman–Crippen MR) is 109 cm³/mol. The van der Waals surface area contributed by atoms with Crippen molar-refractivity contribution in [2.24, 2.45) is 0 Å². The van der Waals surface area contributed by atoms with Crippen molar-refractivity contribution >= 4 is 40.6 Å². The zero-order valence-electron chi connectivity index (χ0n) is 14.2. The summed E-state index contributed by atoms with van der Waals surface area (Å²) >= 11 is 9.37. The van der Waals surface area contributed by atoms with E-state index in [0.717, 1.165) is 28.9 Å². The molecule has 27 heavy (non-hydrogen) atoms. The van der Waals surface area contributed by atoms with Crippen molar-refractivity contribution in [3.8, 4) is 16.9 Å². The van der Waals surface area contributed by atoms with Gasteiger partial charge in [-0.25, -0.2) is 9.97 Å². The highest BCUT2D eigenvalue weighted by Crippen LogP contribution is 2.39. The Labute approximate surface area is 170 Å². The van der Waals surface area contributed by atoms with Gasteiger partial charge in [-0.05, 0) is 46.2 Å². The summed E-state index contributed by atoms with van der Waals surface area (Å²) in [6.45, 7) is 0.438. The van der Waals surface area contributed by atoms with E-state index < -0.39 is 0 Å². The van der Waals surface area contributed by atoms with E-state index in [2.05, 4.69) is 32.8 Å². The van der Waals surface area contributed by atoms with Crippen LogP contribution in [0.4, 0.5) is 0 Å². The number of thiophene rings is 1. The van der Waals surface area contributed by atoms with Gasteiger partial charge in [0, 0.05) is 24.4 Å². The Balaban J connectivity index is 1.32. The topological polar surface area (TPSA) is 64.1 Å². The summed E-state index contributed by atoms with van der Waals surface area (Å²) in [4.78, 5) is 20.2. The van der Waals surface area contributed by atoms with Crippen molar-refractivity contribution in [1.82, 2.24) is 15.3 Å². The van der Waals surface area contributed by atoms with Crippen LogP contribution in [0.1, 0.15) is 5.56 Å². The molecule has 138 valence electrons. The van der Waals surface area contributed by atoms with E-state index >= 15 is 0 Å². The first-order valence-corrected chi connectivity index (χ1v) is 10.7. The molecule has 1 N–H and O–H groups in total. The Bertz CT molecular complexity index is 936. The fourth-order valence-corrected chi connectivity index (χ4v) is 4.45. The fraction of sp³-hybridized carbons (Fsp3) is 0.211. The molecule has 1 aromatic carbocycles. The van der Waals surface area contributed by atoms with Crippen molar-refractivity contribution in [2.45, 2.75) is 17.7 Å². The molecule has 1 amide bonds. The van der Waals surface area contributed by atoms with Gasteiger partial charge in [-0.2, -0.15) is 11.3 Å². The van der Waals surface area contributed by atoms with E-state index in [1.165, 1.54) is 11.8 Å². The highest BCUT2D eigenvalue weighted by Gasteiger charge is 2.26. The van der Waals surface area contributed by atoms with E-state index in [0.29, 0.717) is 16.7 Å². The van der Waals surface area contributed by atoms with Gasteiger partial charge >= 0.3 is 0 Å². The molecule has 0 saturated heterocycles. The van der Waals surface area contributed by atoms with Crippen LogP contribution in [0, 0.1) is 0 Å². The van der Waals surface area contributed by atoms with E-state index in [1.807, 2.05) is 11.4 Å². The minimum absolute atomic E-state index is 0.0722. The lowest BCUT2D eigenvalue weighted by atomic mass is 10.0. The van der Waals surface area contributed by atoms with Crippen molar-refractivity contribution < 1.29 is 9.53 Å². The minimum atomic E-state index is -0.114. The Morgan fingerprint density at radius 1 is 1.33 bits per heavy atom. The molecule has 0 bridgehead atoms. The van der Waals surface area contributed by atoms with Gasteiger partial charge in [-0.3, -0.25) is 4.79 Å². The molecule has 0 saturated carbocycles. The smallest absolute Gasteiger partial charge is 0.230 e. The third-order valence-corrected chi connectivity index (χ3v) is 5.95. The summed E-state index contributed by atoms with van der Waals surface area (Å²) in [5.41, 5.74) is 3.32. The molecule has 8 heteroatoms. The number of ether oxygens (including phenoxy) is 1. The first-order valence-electron chi connectivity index (χ1n) is 8.37. The summed E-state index contributed by atoms with van der Waals surface area (Å²) in [5.74, 6) is 0.922. The lowest BCUT2D eigenvalue weighted by molar-refractivity contribution is -0.118. The number of nitrogens with zero attached hydrogens (tertiary/aromatic N) is 2. The molecular formula is C19H16ClN3O2S2. The molecule has 0 spiro atoms. The van der Waals surface area contributed by atoms with Gasteiger partial charge in [-0.1, -0.05) is 23.4 Å². The van der Waals surface area contributed by atoms with Gasteiger partial charge in [0.2, 0.25) is 5.91 Å². The number of benzene rings is 1. The Kier molecular flexibility index (Phi) is 5.61. The summed E-state index contributed by atoms with van der Waals surface area (Å²) in [6, 6.07) is 7.87. The highest BCUT2D eigenvalue weighted by molar-refractivity contribution is 7.99. The number of hydrogen-bond donors (Lipinski definition) is 1. The Hall–Kier alpha value is -2.09. The third-order valence-electron chi connectivity index (χ3n) is 4.11. The van der Waals surface area contributed by atoms with Crippen LogP contribution in [0.15, 0.2) is 52.6 Å². The number of aromatic nitrogens is 2. The molecule has 3 heterocycles. The summed E-state index contributed by atoms with van der Waals surface area (Å²) < 4.78 is 5.95. The van der Waals surface area contributed by atoms with Crippen molar-refractivity contribution in [1.29, 1.82) is 0 Å². The van der Waals surface area contributed by atoms with Gasteiger partial charge in [0.05, 0.1) is 17.3 Å². The molecule has 1 aliphatic heterocycles. The lowest BCUT2D eigenvalue weighted by Gasteiger charge is -2.12. The molecule has 0 aliphatic carbocycles. The molecule has 4 rings (SSSR count). The maximum Gasteiger partial charge on any atom is 0.230 e. The van der Waals surface area contributed by atoms with E-state index in [1.54, 1.807) is 29.8 Å². The molecular weight excluding hydrogens is 402 g/mol. The van der Waals surface area contributed by atoms with Crippen LogP contribution in [0.25, 0.3) is 11.1 Å². The average Bonchev–Trinajstić information content (AvgIpc) is 3.35. The number of amides is 1. The number of fused-ring (bicyclic) bond motifs is 1. The number of carbonyl (C=O) groups excluding carboxylic acids is 1. The second-order valence-electron chi connectivity index (χ2n) is 6.03. The number of carbonyl (C=O) groups is 1. The molecule has 0 radical (unpaired) electrons.